The van der Waals surface area contributed by atoms with Crippen LogP contribution >= 0.6 is 0 Å². The van der Waals surface area contributed by atoms with Crippen molar-refractivity contribution in [2.24, 2.45) is 14.1 Å². The number of carbonyl (C=O) groups is 2. The van der Waals surface area contributed by atoms with Crippen LogP contribution in [0.15, 0.2) is 39.9 Å². The molecule has 2 rings (SSSR count). The van der Waals surface area contributed by atoms with Crippen LogP contribution in [0.1, 0.15) is 35.2 Å². The molecular formula is C18H21N3O5. The molecule has 138 valence electrons. The number of esters is 1. The molecule has 1 aromatic heterocycles. The minimum Gasteiger partial charge on any atom is -0.457 e. The molecule has 1 heterocycles. The van der Waals surface area contributed by atoms with Crippen LogP contribution in [-0.4, -0.2) is 27.5 Å². The van der Waals surface area contributed by atoms with E-state index in [9.17, 15) is 19.2 Å². The Labute approximate surface area is 149 Å². The molecule has 1 aromatic carbocycles. The lowest BCUT2D eigenvalue weighted by molar-refractivity contribution is -0.144. The molecule has 2 N–H and O–H groups in total. The second kappa shape index (κ2) is 7.81. The molecule has 0 unspecified atom stereocenters. The molecule has 0 spiro atoms. The molecule has 0 bridgehead atoms. The molecule has 0 aliphatic heterocycles. The van der Waals surface area contributed by atoms with Crippen LogP contribution in [0.25, 0.3) is 0 Å². The van der Waals surface area contributed by atoms with Crippen molar-refractivity contribution in [2.45, 2.75) is 19.3 Å². The second-order valence-electron chi connectivity index (χ2n) is 5.87. The highest BCUT2D eigenvalue weighted by Gasteiger charge is 2.24. The van der Waals surface area contributed by atoms with E-state index >= 15 is 0 Å². The molecular weight excluding hydrogens is 338 g/mol. The molecule has 0 amide bonds. The summed E-state index contributed by atoms with van der Waals surface area (Å²) in [7, 11) is 2.60. The van der Waals surface area contributed by atoms with E-state index < -0.39 is 35.5 Å². The van der Waals surface area contributed by atoms with Crippen LogP contribution in [-0.2, 0) is 23.6 Å². The van der Waals surface area contributed by atoms with Gasteiger partial charge in [-0.1, -0.05) is 37.3 Å². The number of aromatic nitrogens is 2. The van der Waals surface area contributed by atoms with Gasteiger partial charge in [-0.25, -0.2) is 4.79 Å². The van der Waals surface area contributed by atoms with E-state index in [1.54, 1.807) is 12.1 Å². The van der Waals surface area contributed by atoms with Gasteiger partial charge < -0.3 is 10.5 Å². The summed E-state index contributed by atoms with van der Waals surface area (Å²) >= 11 is 0. The van der Waals surface area contributed by atoms with Crippen molar-refractivity contribution in [1.82, 2.24) is 9.13 Å². The number of Topliss-reactive ketones (excluding diaryl/α,β-unsaturated/α-hetero) is 1. The van der Waals surface area contributed by atoms with Gasteiger partial charge >= 0.3 is 11.7 Å². The van der Waals surface area contributed by atoms with Crippen LogP contribution in [0.3, 0.4) is 0 Å². The molecule has 0 radical (unpaired) electrons. The lowest BCUT2D eigenvalue weighted by Crippen LogP contribution is -2.42. The summed E-state index contributed by atoms with van der Waals surface area (Å²) in [5, 5.41) is 0. The zero-order valence-corrected chi connectivity index (χ0v) is 14.9. The number of nitrogen functional groups attached to an aromatic ring is 1. The number of nitrogens with two attached hydrogens (primary N) is 1. The normalized spacial score (nSPS) is 11.8. The summed E-state index contributed by atoms with van der Waals surface area (Å²) in [5.41, 5.74) is 4.68. The Balaban J connectivity index is 2.20. The first-order chi connectivity index (χ1) is 12.3. The van der Waals surface area contributed by atoms with Gasteiger partial charge in [0.1, 0.15) is 11.4 Å². The van der Waals surface area contributed by atoms with E-state index in [0.29, 0.717) is 6.42 Å². The fourth-order valence-electron chi connectivity index (χ4n) is 2.66. The number of hydrogen-bond donors (Lipinski definition) is 1. The highest BCUT2D eigenvalue weighted by atomic mass is 16.5. The summed E-state index contributed by atoms with van der Waals surface area (Å²) < 4.78 is 6.88. The first-order valence-electron chi connectivity index (χ1n) is 8.09. The Bertz CT molecular complexity index is 944. The summed E-state index contributed by atoms with van der Waals surface area (Å²) in [6.07, 6.45) is 0.501. The fraction of sp³-hybridized carbons (Fsp3) is 0.333. The number of benzene rings is 1. The van der Waals surface area contributed by atoms with Gasteiger partial charge in [0.05, 0.1) is 5.92 Å². The third-order valence-corrected chi connectivity index (χ3v) is 4.23. The second-order valence-corrected chi connectivity index (χ2v) is 5.87. The van der Waals surface area contributed by atoms with Gasteiger partial charge in [0, 0.05) is 14.1 Å². The highest BCUT2D eigenvalue weighted by Crippen LogP contribution is 2.20. The number of ketones is 1. The smallest absolute Gasteiger partial charge is 0.332 e. The number of ether oxygens (including phenoxy) is 1. The Hall–Kier alpha value is -3.16. The number of anilines is 1. The molecule has 2 aromatic rings. The van der Waals surface area contributed by atoms with Gasteiger partial charge in [-0.05, 0) is 12.0 Å². The average molecular weight is 359 g/mol. The van der Waals surface area contributed by atoms with Crippen molar-refractivity contribution in [3.63, 3.8) is 0 Å². The van der Waals surface area contributed by atoms with Crippen molar-refractivity contribution in [1.29, 1.82) is 0 Å². The fourth-order valence-corrected chi connectivity index (χ4v) is 2.66. The summed E-state index contributed by atoms with van der Waals surface area (Å²) in [6, 6.07) is 9.07. The minimum atomic E-state index is -0.818. The number of hydrogen-bond acceptors (Lipinski definition) is 6. The van der Waals surface area contributed by atoms with Crippen LogP contribution in [0.2, 0.25) is 0 Å². The SMILES string of the molecule is CC[C@H](C(=O)OCC(=O)c1c(N)n(C)c(=O)n(C)c1=O)c1ccccc1. The maximum Gasteiger partial charge on any atom is 0.332 e. The van der Waals surface area contributed by atoms with Crippen molar-refractivity contribution in [3.05, 3.63) is 62.3 Å². The standard InChI is InChI=1S/C18H21N3O5/c1-4-12(11-8-6-5-7-9-11)17(24)26-10-13(22)14-15(19)20(2)18(25)21(3)16(14)23/h5-9,12H,4,10,19H2,1-3H3/t12-/m0/s1. The average Bonchev–Trinajstić information content (AvgIpc) is 2.64. The number of carbonyl (C=O) groups excluding carboxylic acids is 2. The monoisotopic (exact) mass is 359 g/mol. The largest absolute Gasteiger partial charge is 0.457 e. The van der Waals surface area contributed by atoms with Crippen molar-refractivity contribution >= 4 is 17.6 Å². The van der Waals surface area contributed by atoms with Crippen molar-refractivity contribution in [2.75, 3.05) is 12.3 Å². The Morgan fingerprint density at radius 3 is 2.31 bits per heavy atom. The lowest BCUT2D eigenvalue weighted by Gasteiger charge is -2.15. The maximum atomic E-state index is 12.4. The molecule has 8 nitrogen and oxygen atoms in total. The van der Waals surface area contributed by atoms with E-state index in [2.05, 4.69) is 0 Å². The molecule has 0 aliphatic rings. The Kier molecular flexibility index (Phi) is 5.76. The van der Waals surface area contributed by atoms with Crippen LogP contribution in [0.5, 0.6) is 0 Å². The zero-order valence-electron chi connectivity index (χ0n) is 14.9. The van der Waals surface area contributed by atoms with E-state index in [1.165, 1.54) is 14.1 Å². The van der Waals surface area contributed by atoms with Crippen LogP contribution in [0.4, 0.5) is 5.82 Å². The molecule has 0 saturated heterocycles. The molecule has 26 heavy (non-hydrogen) atoms. The lowest BCUT2D eigenvalue weighted by atomic mass is 9.97. The predicted octanol–water partition coefficient (Wildman–Crippen LogP) is 0.586. The Morgan fingerprint density at radius 1 is 1.12 bits per heavy atom. The van der Waals surface area contributed by atoms with Gasteiger partial charge in [-0.15, -0.1) is 0 Å². The molecule has 0 aliphatic carbocycles. The number of rotatable bonds is 6. The first kappa shape index (κ1) is 19.2. The maximum absolute atomic E-state index is 12.4. The third kappa shape index (κ3) is 3.58. The topological polar surface area (TPSA) is 113 Å². The summed E-state index contributed by atoms with van der Waals surface area (Å²) in [4.78, 5) is 48.6. The van der Waals surface area contributed by atoms with Gasteiger partial charge in [0.2, 0.25) is 5.78 Å². The minimum absolute atomic E-state index is 0.255. The van der Waals surface area contributed by atoms with Gasteiger partial charge in [0.25, 0.3) is 5.56 Å². The highest BCUT2D eigenvalue weighted by molar-refractivity contribution is 6.01. The molecule has 1 atom stereocenters. The van der Waals surface area contributed by atoms with E-state index in [4.69, 9.17) is 10.5 Å². The quantitative estimate of drug-likeness (QED) is 0.596. The Morgan fingerprint density at radius 2 is 1.73 bits per heavy atom. The van der Waals surface area contributed by atoms with Crippen molar-refractivity contribution in [3.8, 4) is 0 Å². The zero-order chi connectivity index (χ0) is 19.4. The first-order valence-corrected chi connectivity index (χ1v) is 8.09. The number of nitrogens with zero attached hydrogens (tertiary/aromatic N) is 2. The van der Waals surface area contributed by atoms with Crippen LogP contribution < -0.4 is 17.0 Å². The summed E-state index contributed by atoms with van der Waals surface area (Å²) in [5.74, 6) is -2.08. The van der Waals surface area contributed by atoms with Gasteiger partial charge in [-0.2, -0.15) is 0 Å². The van der Waals surface area contributed by atoms with Crippen LogP contribution in [0, 0.1) is 0 Å². The molecule has 0 fully saturated rings. The molecule has 8 heteroatoms. The summed E-state index contributed by atoms with van der Waals surface area (Å²) in [6.45, 7) is 1.21. The predicted molar refractivity (Wildman–Crippen MR) is 96.1 cm³/mol. The van der Waals surface area contributed by atoms with Gasteiger partial charge in [-0.3, -0.25) is 23.5 Å². The van der Waals surface area contributed by atoms with E-state index in [-0.39, 0.29) is 11.4 Å². The van der Waals surface area contributed by atoms with E-state index in [1.807, 2.05) is 25.1 Å². The molecule has 0 saturated carbocycles. The van der Waals surface area contributed by atoms with Gasteiger partial charge in [0.15, 0.2) is 6.61 Å². The third-order valence-electron chi connectivity index (χ3n) is 4.23. The van der Waals surface area contributed by atoms with E-state index in [0.717, 1.165) is 14.7 Å². The van der Waals surface area contributed by atoms with Crippen molar-refractivity contribution < 1.29 is 14.3 Å².